The summed E-state index contributed by atoms with van der Waals surface area (Å²) >= 11 is 0. The maximum absolute atomic E-state index is 2.69. The predicted molar refractivity (Wildman–Crippen MR) is 324 cm³/mol. The van der Waals surface area contributed by atoms with Gasteiger partial charge in [0, 0.05) is 34.6 Å². The second kappa shape index (κ2) is 16.3. The molecule has 4 aliphatic rings. The molecule has 2 aliphatic heterocycles. The summed E-state index contributed by atoms with van der Waals surface area (Å²) in [5, 5.41) is 10.1. The van der Waals surface area contributed by atoms with Crippen molar-refractivity contribution in [2.75, 3.05) is 9.80 Å². The van der Waals surface area contributed by atoms with E-state index in [-0.39, 0.29) is 21.9 Å². The van der Waals surface area contributed by atoms with E-state index in [0.717, 1.165) is 0 Å². The minimum atomic E-state index is -0.0400. The zero-order chi connectivity index (χ0) is 51.3. The van der Waals surface area contributed by atoms with Crippen molar-refractivity contribution in [3.63, 3.8) is 0 Å². The zero-order valence-corrected chi connectivity index (χ0v) is 44.7. The molecule has 2 nitrogen and oxygen atoms in total. The fraction of sp³-hybridized carbons (Fsp3) is 0.216. The molecule has 0 saturated heterocycles. The quantitative estimate of drug-likeness (QED) is 0.153. The number of para-hydroxylation sites is 2. The van der Waals surface area contributed by atoms with Crippen molar-refractivity contribution in [1.29, 1.82) is 0 Å². The van der Waals surface area contributed by atoms with Gasteiger partial charge in [-0.1, -0.05) is 185 Å². The largest absolute Gasteiger partial charge is 0.334 e. The molecular formula is C74H64N2. The standard InChI is InChI=1S/C74H64N2/c1-71(2)41-39-65-63-45-51(33-37-67(63)75(73(65,71)5)53-23-9-7-10-24-53)49-31-35-59-61(43-49)69(57-29-17-21-47-19-13-15-27-55(47)57)60-36-32-50(44-62(60)70(59)58-30-18-22-48-20-14-16-28-56(48)58)52-34-38-68-64(46-52)66-40-42-72(3,4)74(66,6)76(68)54-25-11-8-12-26-54/h7-38,43-46,65-66H,39-42H2,1-6H3. The highest BCUT2D eigenvalue weighted by molar-refractivity contribution is 6.26. The number of hydrogen-bond acceptors (Lipinski definition) is 2. The van der Waals surface area contributed by atoms with Crippen LogP contribution in [0, 0.1) is 10.8 Å². The molecule has 15 rings (SSSR count). The first-order chi connectivity index (χ1) is 36.9. The molecule has 0 N–H and O–H groups in total. The number of fused-ring (bicyclic) bond motifs is 10. The SMILES string of the molecule is CC1(C)CCC2c3cc(-c4ccc5c(-c6cccc7ccccc67)c6cc(-c7ccc8c(c7)C7CCC(C)(C)C7(C)N8c7ccccc7)ccc6c(-c6cccc7ccccc67)c5c4)ccc3N(c3ccccc3)C21C. The van der Waals surface area contributed by atoms with Gasteiger partial charge in [0.1, 0.15) is 0 Å². The van der Waals surface area contributed by atoms with E-state index in [9.17, 15) is 0 Å². The monoisotopic (exact) mass is 981 g/mol. The predicted octanol–water partition coefficient (Wildman–Crippen LogP) is 20.6. The lowest BCUT2D eigenvalue weighted by Crippen LogP contribution is -2.50. The van der Waals surface area contributed by atoms with Crippen LogP contribution in [0.3, 0.4) is 0 Å². The van der Waals surface area contributed by atoms with E-state index >= 15 is 0 Å². The van der Waals surface area contributed by atoms with Crippen molar-refractivity contribution in [3.05, 3.63) is 230 Å². The van der Waals surface area contributed by atoms with Gasteiger partial charge in [-0.25, -0.2) is 0 Å². The van der Waals surface area contributed by atoms with E-state index in [1.54, 1.807) is 0 Å². The van der Waals surface area contributed by atoms with Crippen LogP contribution in [-0.4, -0.2) is 11.1 Å². The maximum atomic E-state index is 2.69. The van der Waals surface area contributed by atoms with Gasteiger partial charge < -0.3 is 9.80 Å². The first-order valence-electron chi connectivity index (χ1n) is 27.9. The fourth-order valence-electron chi connectivity index (χ4n) is 15.8. The molecule has 2 fully saturated rings. The zero-order valence-electron chi connectivity index (χ0n) is 44.7. The number of hydrogen-bond donors (Lipinski definition) is 0. The summed E-state index contributed by atoms with van der Waals surface area (Å²) in [6.45, 7) is 15.0. The van der Waals surface area contributed by atoms with Crippen LogP contribution in [-0.2, 0) is 0 Å². The van der Waals surface area contributed by atoms with Crippen molar-refractivity contribution in [1.82, 2.24) is 0 Å². The lowest BCUT2D eigenvalue weighted by Gasteiger charge is -2.47. The molecule has 11 aromatic rings. The Morgan fingerprint density at radius 2 is 0.697 bits per heavy atom. The molecule has 4 atom stereocenters. The molecule has 2 saturated carbocycles. The van der Waals surface area contributed by atoms with Crippen LogP contribution < -0.4 is 9.80 Å². The Kier molecular flexibility index (Phi) is 9.74. The highest BCUT2D eigenvalue weighted by Gasteiger charge is 2.62. The molecule has 4 unspecified atom stereocenters. The Bertz CT molecular complexity index is 3900. The summed E-state index contributed by atoms with van der Waals surface area (Å²) in [7, 11) is 0. The molecule has 11 aromatic carbocycles. The van der Waals surface area contributed by atoms with E-state index < -0.39 is 0 Å². The van der Waals surface area contributed by atoms with Gasteiger partial charge >= 0.3 is 0 Å². The van der Waals surface area contributed by atoms with E-state index in [1.165, 1.54) is 147 Å². The molecule has 0 bridgehead atoms. The highest BCUT2D eigenvalue weighted by atomic mass is 15.3. The van der Waals surface area contributed by atoms with E-state index in [1.807, 2.05) is 0 Å². The van der Waals surface area contributed by atoms with Crippen LogP contribution in [0.1, 0.15) is 90.2 Å². The summed E-state index contributed by atoms with van der Waals surface area (Å²) in [6.07, 6.45) is 4.78. The Balaban J connectivity index is 0.980. The molecule has 76 heavy (non-hydrogen) atoms. The summed E-state index contributed by atoms with van der Waals surface area (Å²) < 4.78 is 0. The van der Waals surface area contributed by atoms with Gasteiger partial charge in [-0.2, -0.15) is 0 Å². The van der Waals surface area contributed by atoms with Gasteiger partial charge in [-0.05, 0) is 210 Å². The van der Waals surface area contributed by atoms with Crippen molar-refractivity contribution >= 4 is 65.8 Å². The van der Waals surface area contributed by atoms with Crippen LogP contribution in [0.2, 0.25) is 0 Å². The van der Waals surface area contributed by atoms with Crippen LogP contribution in [0.4, 0.5) is 22.7 Å². The van der Waals surface area contributed by atoms with Crippen LogP contribution >= 0.6 is 0 Å². The van der Waals surface area contributed by atoms with Crippen molar-refractivity contribution in [2.24, 2.45) is 10.8 Å². The number of rotatable bonds is 6. The molecule has 0 spiro atoms. The molecule has 2 heteroatoms. The molecule has 0 radical (unpaired) electrons. The van der Waals surface area contributed by atoms with Crippen LogP contribution in [0.25, 0.3) is 87.6 Å². The van der Waals surface area contributed by atoms with Gasteiger partial charge in [-0.15, -0.1) is 0 Å². The number of anilines is 4. The molecule has 0 aromatic heterocycles. The second-order valence-electron chi connectivity index (χ2n) is 24.5. The maximum Gasteiger partial charge on any atom is 0.0543 e. The van der Waals surface area contributed by atoms with Gasteiger partial charge in [0.15, 0.2) is 0 Å². The molecule has 2 heterocycles. The Hall–Kier alpha value is -7.94. The summed E-state index contributed by atoms with van der Waals surface area (Å²) in [5.74, 6) is 0.868. The smallest absolute Gasteiger partial charge is 0.0543 e. The van der Waals surface area contributed by atoms with Crippen molar-refractivity contribution in [2.45, 2.75) is 90.1 Å². The van der Waals surface area contributed by atoms with E-state index in [0.29, 0.717) is 11.8 Å². The minimum absolute atomic E-state index is 0.0400. The van der Waals surface area contributed by atoms with Crippen molar-refractivity contribution in [3.8, 4) is 44.5 Å². The van der Waals surface area contributed by atoms with E-state index in [4.69, 9.17) is 0 Å². The first-order valence-corrected chi connectivity index (χ1v) is 27.9. The van der Waals surface area contributed by atoms with Gasteiger partial charge in [-0.3, -0.25) is 0 Å². The summed E-state index contributed by atoms with van der Waals surface area (Å²) in [6, 6.07) is 83.6. The average Bonchev–Trinajstić information content (AvgIpc) is 4.16. The molecular weight excluding hydrogens is 917 g/mol. The first kappa shape index (κ1) is 45.5. The minimum Gasteiger partial charge on any atom is -0.334 e. The van der Waals surface area contributed by atoms with Gasteiger partial charge in [0.25, 0.3) is 0 Å². The van der Waals surface area contributed by atoms with Crippen LogP contribution in [0.5, 0.6) is 0 Å². The van der Waals surface area contributed by atoms with Gasteiger partial charge in [0.2, 0.25) is 0 Å². The average molecular weight is 981 g/mol. The third-order valence-electron chi connectivity index (χ3n) is 20.4. The number of benzene rings is 11. The second-order valence-corrected chi connectivity index (χ2v) is 24.5. The Morgan fingerprint density at radius 1 is 0.329 bits per heavy atom. The van der Waals surface area contributed by atoms with E-state index in [2.05, 4.69) is 270 Å². The van der Waals surface area contributed by atoms with Crippen molar-refractivity contribution < 1.29 is 0 Å². The normalized spacial score (nSPS) is 21.9. The molecule has 370 valence electrons. The Morgan fingerprint density at radius 3 is 1.13 bits per heavy atom. The van der Waals surface area contributed by atoms with Crippen LogP contribution in [0.15, 0.2) is 218 Å². The third kappa shape index (κ3) is 6.22. The highest BCUT2D eigenvalue weighted by Crippen LogP contribution is 2.67. The lowest BCUT2D eigenvalue weighted by molar-refractivity contribution is 0.222. The summed E-state index contributed by atoms with van der Waals surface area (Å²) in [5.41, 5.74) is 18.6. The lowest BCUT2D eigenvalue weighted by atomic mass is 9.72. The third-order valence-corrected chi connectivity index (χ3v) is 20.4. The Labute approximate surface area is 448 Å². The molecule has 0 amide bonds. The fourth-order valence-corrected chi connectivity index (χ4v) is 15.8. The topological polar surface area (TPSA) is 6.48 Å². The number of nitrogens with zero attached hydrogens (tertiary/aromatic N) is 2. The summed E-state index contributed by atoms with van der Waals surface area (Å²) in [4.78, 5) is 5.38. The van der Waals surface area contributed by atoms with Gasteiger partial charge in [0.05, 0.1) is 11.1 Å². The molecule has 2 aliphatic carbocycles.